The second-order valence-electron chi connectivity index (χ2n) is 4.87. The summed E-state index contributed by atoms with van der Waals surface area (Å²) in [5, 5.41) is 11.1. The van der Waals surface area contributed by atoms with Crippen LogP contribution in [0.1, 0.15) is 33.1 Å². The lowest BCUT2D eigenvalue weighted by molar-refractivity contribution is -0.128. The molecule has 5 heteroatoms. The molecule has 0 aliphatic carbocycles. The first kappa shape index (κ1) is 14.4. The van der Waals surface area contributed by atoms with E-state index in [4.69, 9.17) is 5.11 Å². The van der Waals surface area contributed by atoms with E-state index < -0.39 is 12.8 Å². The molecule has 1 aliphatic heterocycles. The minimum absolute atomic E-state index is 0.0994. The standard InChI is InChI=1S/C12H23FN2O2/c1-9(2)15-6-4-3-5-11(15)12(17)14-7-10(13)8-16/h9-11,16H,3-8H2,1-2H3,(H,14,17)/t10?,11-/m0/s1. The third-order valence-corrected chi connectivity index (χ3v) is 3.21. The first-order valence-electron chi connectivity index (χ1n) is 6.34. The second-order valence-corrected chi connectivity index (χ2v) is 4.87. The highest BCUT2D eigenvalue weighted by Gasteiger charge is 2.30. The van der Waals surface area contributed by atoms with E-state index in [1.807, 2.05) is 0 Å². The van der Waals surface area contributed by atoms with Crippen LogP contribution in [-0.2, 0) is 4.79 Å². The Morgan fingerprint density at radius 2 is 2.24 bits per heavy atom. The number of carbonyl (C=O) groups is 1. The van der Waals surface area contributed by atoms with Crippen LogP contribution in [0.3, 0.4) is 0 Å². The van der Waals surface area contributed by atoms with Crippen molar-refractivity contribution in [2.45, 2.75) is 51.4 Å². The van der Waals surface area contributed by atoms with Crippen LogP contribution in [0.25, 0.3) is 0 Å². The fourth-order valence-corrected chi connectivity index (χ4v) is 2.25. The fourth-order valence-electron chi connectivity index (χ4n) is 2.25. The van der Waals surface area contributed by atoms with Crippen LogP contribution < -0.4 is 5.32 Å². The number of likely N-dealkylation sites (tertiary alicyclic amines) is 1. The van der Waals surface area contributed by atoms with Gasteiger partial charge in [-0.05, 0) is 33.2 Å². The largest absolute Gasteiger partial charge is 0.393 e. The lowest BCUT2D eigenvalue weighted by atomic mass is 9.99. The molecule has 1 amide bonds. The molecule has 4 nitrogen and oxygen atoms in total. The van der Waals surface area contributed by atoms with Gasteiger partial charge in [0.2, 0.25) is 5.91 Å². The number of carbonyl (C=O) groups excluding carboxylic acids is 1. The van der Waals surface area contributed by atoms with Gasteiger partial charge in [-0.1, -0.05) is 6.42 Å². The van der Waals surface area contributed by atoms with E-state index in [2.05, 4.69) is 24.1 Å². The van der Waals surface area contributed by atoms with Gasteiger partial charge in [-0.3, -0.25) is 9.69 Å². The molecule has 0 aromatic heterocycles. The molecule has 1 saturated heterocycles. The van der Waals surface area contributed by atoms with Crippen molar-refractivity contribution in [1.29, 1.82) is 0 Å². The molecule has 1 heterocycles. The van der Waals surface area contributed by atoms with Crippen molar-refractivity contribution in [1.82, 2.24) is 10.2 Å². The van der Waals surface area contributed by atoms with Gasteiger partial charge in [0.1, 0.15) is 6.17 Å². The van der Waals surface area contributed by atoms with Gasteiger partial charge in [0.05, 0.1) is 19.2 Å². The number of piperidine rings is 1. The summed E-state index contributed by atoms with van der Waals surface area (Å²) in [5.41, 5.74) is 0. The maximum atomic E-state index is 12.8. The quantitative estimate of drug-likeness (QED) is 0.750. The van der Waals surface area contributed by atoms with Crippen LogP contribution in [0, 0.1) is 0 Å². The van der Waals surface area contributed by atoms with E-state index >= 15 is 0 Å². The smallest absolute Gasteiger partial charge is 0.237 e. The Labute approximate surface area is 102 Å². The maximum absolute atomic E-state index is 12.8. The molecule has 1 fully saturated rings. The van der Waals surface area contributed by atoms with Crippen molar-refractivity contribution in [2.24, 2.45) is 0 Å². The number of nitrogens with zero attached hydrogens (tertiary/aromatic N) is 1. The zero-order valence-electron chi connectivity index (χ0n) is 10.7. The minimum Gasteiger partial charge on any atom is -0.393 e. The number of amides is 1. The van der Waals surface area contributed by atoms with Gasteiger partial charge in [0, 0.05) is 6.04 Å². The molecule has 1 aliphatic rings. The van der Waals surface area contributed by atoms with E-state index in [-0.39, 0.29) is 18.5 Å². The Kier molecular flexibility index (Phi) is 5.85. The van der Waals surface area contributed by atoms with Crippen molar-refractivity contribution in [3.05, 3.63) is 0 Å². The molecule has 0 saturated carbocycles. The van der Waals surface area contributed by atoms with Crippen molar-refractivity contribution in [3.63, 3.8) is 0 Å². The van der Waals surface area contributed by atoms with E-state index in [0.29, 0.717) is 6.04 Å². The highest BCUT2D eigenvalue weighted by Crippen LogP contribution is 2.19. The van der Waals surface area contributed by atoms with Gasteiger partial charge in [0.25, 0.3) is 0 Å². The molecule has 17 heavy (non-hydrogen) atoms. The van der Waals surface area contributed by atoms with Crippen molar-refractivity contribution in [2.75, 3.05) is 19.7 Å². The van der Waals surface area contributed by atoms with E-state index in [9.17, 15) is 9.18 Å². The molecule has 2 N–H and O–H groups in total. The van der Waals surface area contributed by atoms with Gasteiger partial charge in [-0.15, -0.1) is 0 Å². The van der Waals surface area contributed by atoms with Crippen molar-refractivity contribution < 1.29 is 14.3 Å². The van der Waals surface area contributed by atoms with Crippen LogP contribution in [0.4, 0.5) is 4.39 Å². The van der Waals surface area contributed by atoms with Gasteiger partial charge in [0.15, 0.2) is 0 Å². The fraction of sp³-hybridized carbons (Fsp3) is 0.917. The number of halogens is 1. The van der Waals surface area contributed by atoms with Crippen LogP contribution in [0.2, 0.25) is 0 Å². The van der Waals surface area contributed by atoms with Crippen LogP contribution in [0.15, 0.2) is 0 Å². The van der Waals surface area contributed by atoms with Crippen LogP contribution in [-0.4, -0.2) is 53.9 Å². The van der Waals surface area contributed by atoms with E-state index in [1.54, 1.807) is 0 Å². The first-order valence-corrected chi connectivity index (χ1v) is 6.34. The number of hydrogen-bond acceptors (Lipinski definition) is 3. The molecule has 2 atom stereocenters. The lowest BCUT2D eigenvalue weighted by Crippen LogP contribution is -2.52. The topological polar surface area (TPSA) is 52.6 Å². The lowest BCUT2D eigenvalue weighted by Gasteiger charge is -2.37. The van der Waals surface area contributed by atoms with E-state index in [1.165, 1.54) is 0 Å². The molecule has 100 valence electrons. The highest BCUT2D eigenvalue weighted by molar-refractivity contribution is 5.81. The molecular weight excluding hydrogens is 223 g/mol. The highest BCUT2D eigenvalue weighted by atomic mass is 19.1. The van der Waals surface area contributed by atoms with Crippen LogP contribution >= 0.6 is 0 Å². The monoisotopic (exact) mass is 246 g/mol. The Morgan fingerprint density at radius 3 is 2.82 bits per heavy atom. The third kappa shape index (κ3) is 4.24. The molecule has 0 bridgehead atoms. The second kappa shape index (κ2) is 6.91. The summed E-state index contributed by atoms with van der Waals surface area (Å²) in [4.78, 5) is 14.1. The molecule has 0 spiro atoms. The Bertz CT molecular complexity index is 249. The predicted octanol–water partition coefficient (Wildman–Crippen LogP) is 0.696. The number of aliphatic hydroxyl groups is 1. The van der Waals surface area contributed by atoms with Crippen molar-refractivity contribution >= 4 is 5.91 Å². The van der Waals surface area contributed by atoms with Crippen LogP contribution in [0.5, 0.6) is 0 Å². The number of aliphatic hydroxyl groups excluding tert-OH is 1. The third-order valence-electron chi connectivity index (χ3n) is 3.21. The summed E-state index contributed by atoms with van der Waals surface area (Å²) in [7, 11) is 0. The van der Waals surface area contributed by atoms with Crippen molar-refractivity contribution in [3.8, 4) is 0 Å². The predicted molar refractivity (Wildman–Crippen MR) is 64.5 cm³/mol. The summed E-state index contributed by atoms with van der Waals surface area (Å²) in [6.45, 7) is 4.42. The SMILES string of the molecule is CC(C)N1CCCC[C@H]1C(=O)NCC(F)CO. The zero-order chi connectivity index (χ0) is 12.8. The van der Waals surface area contributed by atoms with Gasteiger partial charge in [-0.25, -0.2) is 4.39 Å². The summed E-state index contributed by atoms with van der Waals surface area (Å²) in [6.07, 6.45) is 1.63. The Balaban J connectivity index is 2.47. The molecule has 0 aromatic rings. The van der Waals surface area contributed by atoms with Gasteiger partial charge < -0.3 is 10.4 Å². The molecule has 0 aromatic carbocycles. The average Bonchev–Trinajstić information content (AvgIpc) is 2.35. The minimum atomic E-state index is -1.37. The number of rotatable bonds is 5. The normalized spacial score (nSPS) is 23.7. The number of alkyl halides is 1. The molecule has 1 unspecified atom stereocenters. The summed E-state index contributed by atoms with van der Waals surface area (Å²) >= 11 is 0. The zero-order valence-corrected chi connectivity index (χ0v) is 10.7. The number of nitrogens with one attached hydrogen (secondary N) is 1. The summed E-state index contributed by atoms with van der Waals surface area (Å²) in [6, 6.07) is 0.180. The van der Waals surface area contributed by atoms with Gasteiger partial charge >= 0.3 is 0 Å². The van der Waals surface area contributed by atoms with Gasteiger partial charge in [-0.2, -0.15) is 0 Å². The summed E-state index contributed by atoms with van der Waals surface area (Å²) in [5.74, 6) is -0.116. The first-order chi connectivity index (χ1) is 8.06. The Hall–Kier alpha value is -0.680. The van der Waals surface area contributed by atoms with E-state index in [0.717, 1.165) is 25.8 Å². The average molecular weight is 246 g/mol. The number of hydrogen-bond donors (Lipinski definition) is 2. The molecule has 0 radical (unpaired) electrons. The molecule has 1 rings (SSSR count). The molecular formula is C12H23FN2O2. The maximum Gasteiger partial charge on any atom is 0.237 e. The summed E-state index contributed by atoms with van der Waals surface area (Å²) < 4.78 is 12.8. The Morgan fingerprint density at radius 1 is 1.53 bits per heavy atom.